The molecule has 0 aliphatic heterocycles. The summed E-state index contributed by atoms with van der Waals surface area (Å²) in [5.74, 6) is 1.58. The summed E-state index contributed by atoms with van der Waals surface area (Å²) in [5.41, 5.74) is 1.36. The molecule has 0 spiro atoms. The van der Waals surface area contributed by atoms with Crippen molar-refractivity contribution >= 4 is 11.6 Å². The zero-order valence-corrected chi connectivity index (χ0v) is 12.2. The third-order valence-corrected chi connectivity index (χ3v) is 4.41. The van der Waals surface area contributed by atoms with E-state index in [2.05, 4.69) is 37.4 Å². The predicted molar refractivity (Wildman–Crippen MR) is 79.0 cm³/mol. The van der Waals surface area contributed by atoms with Crippen LogP contribution in [0.15, 0.2) is 24.3 Å². The summed E-state index contributed by atoms with van der Waals surface area (Å²) in [6, 6.07) is 8.84. The Morgan fingerprint density at radius 2 is 2.22 bits per heavy atom. The molecule has 1 nitrogen and oxygen atoms in total. The van der Waals surface area contributed by atoms with Crippen molar-refractivity contribution in [2.45, 2.75) is 45.6 Å². The number of hydrogen-bond donors (Lipinski definition) is 1. The predicted octanol–water partition coefficient (Wildman–Crippen LogP) is 4.82. The van der Waals surface area contributed by atoms with Gasteiger partial charge in [0.1, 0.15) is 0 Å². The third kappa shape index (κ3) is 3.27. The molecule has 1 N–H and O–H groups in total. The first-order valence-electron chi connectivity index (χ1n) is 7.21. The van der Waals surface area contributed by atoms with Crippen LogP contribution >= 0.6 is 11.6 Å². The van der Waals surface area contributed by atoms with Crippen LogP contribution < -0.4 is 5.32 Å². The summed E-state index contributed by atoms with van der Waals surface area (Å²) in [7, 11) is 0. The van der Waals surface area contributed by atoms with E-state index in [0.717, 1.165) is 23.4 Å². The molecule has 1 aromatic carbocycles. The quantitative estimate of drug-likeness (QED) is 0.805. The first-order chi connectivity index (χ1) is 8.72. The Hall–Kier alpha value is -0.530. The van der Waals surface area contributed by atoms with E-state index in [0.29, 0.717) is 6.04 Å². The Morgan fingerprint density at radius 3 is 2.83 bits per heavy atom. The van der Waals surface area contributed by atoms with Crippen molar-refractivity contribution in [3.05, 3.63) is 34.9 Å². The van der Waals surface area contributed by atoms with Crippen molar-refractivity contribution in [2.24, 2.45) is 11.8 Å². The average Bonchev–Trinajstić information content (AvgIpc) is 2.77. The van der Waals surface area contributed by atoms with E-state index in [4.69, 9.17) is 11.6 Å². The first-order valence-corrected chi connectivity index (χ1v) is 7.59. The second-order valence-corrected chi connectivity index (χ2v) is 6.00. The van der Waals surface area contributed by atoms with Crippen molar-refractivity contribution < 1.29 is 0 Å². The molecule has 18 heavy (non-hydrogen) atoms. The van der Waals surface area contributed by atoms with Crippen LogP contribution in [-0.2, 0) is 0 Å². The number of nitrogens with one attached hydrogen (secondary N) is 1. The van der Waals surface area contributed by atoms with Gasteiger partial charge in [0.25, 0.3) is 0 Å². The molecule has 100 valence electrons. The van der Waals surface area contributed by atoms with Gasteiger partial charge in [-0.1, -0.05) is 50.4 Å². The number of benzene rings is 1. The number of rotatable bonds is 5. The average molecular weight is 266 g/mol. The van der Waals surface area contributed by atoms with Crippen LogP contribution in [-0.4, -0.2) is 6.54 Å². The largest absolute Gasteiger partial charge is 0.310 e. The topological polar surface area (TPSA) is 12.0 Å². The molecule has 2 rings (SSSR count). The van der Waals surface area contributed by atoms with Crippen molar-refractivity contribution in [3.63, 3.8) is 0 Å². The van der Waals surface area contributed by atoms with Crippen molar-refractivity contribution in [1.82, 2.24) is 5.32 Å². The summed E-state index contributed by atoms with van der Waals surface area (Å²) in [5, 5.41) is 4.58. The highest BCUT2D eigenvalue weighted by atomic mass is 35.5. The van der Waals surface area contributed by atoms with Crippen LogP contribution in [0, 0.1) is 11.8 Å². The van der Waals surface area contributed by atoms with Crippen LogP contribution in [0.4, 0.5) is 0 Å². The second-order valence-electron chi connectivity index (χ2n) is 5.56. The Morgan fingerprint density at radius 1 is 1.39 bits per heavy atom. The highest BCUT2D eigenvalue weighted by Crippen LogP contribution is 2.40. The molecule has 1 saturated carbocycles. The normalized spacial score (nSPS) is 25.3. The van der Waals surface area contributed by atoms with Gasteiger partial charge in [0.05, 0.1) is 0 Å². The molecule has 1 aromatic rings. The van der Waals surface area contributed by atoms with Crippen LogP contribution in [0.2, 0.25) is 5.02 Å². The summed E-state index contributed by atoms with van der Waals surface area (Å²) in [4.78, 5) is 0. The van der Waals surface area contributed by atoms with Crippen molar-refractivity contribution in [3.8, 4) is 0 Å². The van der Waals surface area contributed by atoms with Gasteiger partial charge in [-0.2, -0.15) is 0 Å². The maximum Gasteiger partial charge on any atom is 0.0409 e. The van der Waals surface area contributed by atoms with Gasteiger partial charge in [0, 0.05) is 11.1 Å². The minimum atomic E-state index is 0.473. The third-order valence-electron chi connectivity index (χ3n) is 4.18. The molecule has 0 amide bonds. The van der Waals surface area contributed by atoms with Gasteiger partial charge in [-0.05, 0) is 48.9 Å². The van der Waals surface area contributed by atoms with Crippen LogP contribution in [0.3, 0.4) is 0 Å². The fourth-order valence-electron chi connectivity index (χ4n) is 3.19. The van der Waals surface area contributed by atoms with Crippen molar-refractivity contribution in [2.75, 3.05) is 6.54 Å². The lowest BCUT2D eigenvalue weighted by molar-refractivity contribution is 0.302. The summed E-state index contributed by atoms with van der Waals surface area (Å²) < 4.78 is 0. The SMILES string of the molecule is CCCNC(c1cccc(Cl)c1)C1CCCC1C. The molecule has 1 aliphatic rings. The van der Waals surface area contributed by atoms with Gasteiger partial charge in [-0.3, -0.25) is 0 Å². The Kier molecular flexibility index (Phi) is 5.08. The van der Waals surface area contributed by atoms with E-state index in [-0.39, 0.29) is 0 Å². The number of halogens is 1. The fourth-order valence-corrected chi connectivity index (χ4v) is 3.38. The van der Waals surface area contributed by atoms with Crippen LogP contribution in [0.5, 0.6) is 0 Å². The van der Waals surface area contributed by atoms with E-state index in [9.17, 15) is 0 Å². The van der Waals surface area contributed by atoms with Crippen LogP contribution in [0.25, 0.3) is 0 Å². The monoisotopic (exact) mass is 265 g/mol. The fraction of sp³-hybridized carbons (Fsp3) is 0.625. The minimum absolute atomic E-state index is 0.473. The van der Waals surface area contributed by atoms with E-state index in [1.54, 1.807) is 0 Å². The summed E-state index contributed by atoms with van der Waals surface area (Å²) in [6.07, 6.45) is 5.26. The summed E-state index contributed by atoms with van der Waals surface area (Å²) in [6.45, 7) is 5.70. The molecule has 2 heteroatoms. The zero-order chi connectivity index (χ0) is 13.0. The van der Waals surface area contributed by atoms with E-state index < -0.39 is 0 Å². The molecule has 1 aliphatic carbocycles. The van der Waals surface area contributed by atoms with E-state index >= 15 is 0 Å². The molecule has 0 saturated heterocycles. The zero-order valence-electron chi connectivity index (χ0n) is 11.5. The highest BCUT2D eigenvalue weighted by molar-refractivity contribution is 6.30. The Bertz CT molecular complexity index is 377. The maximum absolute atomic E-state index is 6.14. The molecule has 1 fully saturated rings. The molecular formula is C16H24ClN. The molecule has 0 aromatic heterocycles. The Labute approximate surface area is 116 Å². The Balaban J connectivity index is 2.18. The second kappa shape index (κ2) is 6.58. The smallest absolute Gasteiger partial charge is 0.0409 e. The molecule has 3 atom stereocenters. The van der Waals surface area contributed by atoms with Gasteiger partial charge in [0.2, 0.25) is 0 Å². The van der Waals surface area contributed by atoms with E-state index in [1.807, 2.05) is 6.07 Å². The van der Waals surface area contributed by atoms with Gasteiger partial charge in [-0.15, -0.1) is 0 Å². The van der Waals surface area contributed by atoms with Crippen LogP contribution in [0.1, 0.15) is 51.1 Å². The molecular weight excluding hydrogens is 242 g/mol. The lowest BCUT2D eigenvalue weighted by atomic mass is 9.86. The van der Waals surface area contributed by atoms with Gasteiger partial charge >= 0.3 is 0 Å². The molecule has 3 unspecified atom stereocenters. The highest BCUT2D eigenvalue weighted by Gasteiger charge is 2.31. The first kappa shape index (κ1) is 13.9. The summed E-state index contributed by atoms with van der Waals surface area (Å²) >= 11 is 6.14. The van der Waals surface area contributed by atoms with Crippen molar-refractivity contribution in [1.29, 1.82) is 0 Å². The van der Waals surface area contributed by atoms with Gasteiger partial charge < -0.3 is 5.32 Å². The lowest BCUT2D eigenvalue weighted by Gasteiger charge is -2.28. The van der Waals surface area contributed by atoms with E-state index in [1.165, 1.54) is 31.2 Å². The lowest BCUT2D eigenvalue weighted by Crippen LogP contribution is -2.30. The molecule has 0 heterocycles. The molecule has 0 radical (unpaired) electrons. The minimum Gasteiger partial charge on any atom is -0.310 e. The maximum atomic E-state index is 6.14. The number of hydrogen-bond acceptors (Lipinski definition) is 1. The standard InChI is InChI=1S/C16H24ClN/c1-3-10-18-16(15-9-4-6-12(15)2)13-7-5-8-14(17)11-13/h5,7-8,11-12,15-16,18H,3-4,6,9-10H2,1-2H3. The van der Waals surface area contributed by atoms with Gasteiger partial charge in [0.15, 0.2) is 0 Å². The molecule has 0 bridgehead atoms. The van der Waals surface area contributed by atoms with Gasteiger partial charge in [-0.25, -0.2) is 0 Å².